The lowest BCUT2D eigenvalue weighted by atomic mass is 10.1. The number of allylic oxidation sites excluding steroid dienone is 1. The van der Waals surface area contributed by atoms with Crippen molar-refractivity contribution >= 4 is 23.5 Å². The Bertz CT molecular complexity index is 1040. The van der Waals surface area contributed by atoms with Crippen molar-refractivity contribution in [3.8, 4) is 11.5 Å². The molecule has 0 radical (unpaired) electrons. The molecule has 0 aliphatic heterocycles. The summed E-state index contributed by atoms with van der Waals surface area (Å²) in [4.78, 5) is 12.3. The monoisotopic (exact) mass is 396 g/mol. The van der Waals surface area contributed by atoms with Gasteiger partial charge < -0.3 is 9.84 Å². The average molecular weight is 397 g/mol. The van der Waals surface area contributed by atoms with Crippen LogP contribution in [0.2, 0.25) is 5.02 Å². The lowest BCUT2D eigenvalue weighted by molar-refractivity contribution is 0.104. The predicted octanol–water partition coefficient (Wildman–Crippen LogP) is 4.81. The van der Waals surface area contributed by atoms with Gasteiger partial charge in [-0.3, -0.25) is 9.48 Å². The predicted molar refractivity (Wildman–Crippen MR) is 110 cm³/mol. The Morgan fingerprint density at radius 2 is 1.93 bits per heavy atom. The van der Waals surface area contributed by atoms with Gasteiger partial charge in [0.15, 0.2) is 5.78 Å². The lowest BCUT2D eigenvalue weighted by Gasteiger charge is -2.11. The van der Waals surface area contributed by atoms with Crippen molar-refractivity contribution in [2.24, 2.45) is 0 Å². The highest BCUT2D eigenvalue weighted by atomic mass is 35.5. The molecule has 1 heterocycles. The number of phenolic OH excluding ortho intramolecular Hbond substituents is 1. The van der Waals surface area contributed by atoms with E-state index in [2.05, 4.69) is 5.10 Å². The van der Waals surface area contributed by atoms with Gasteiger partial charge in [0, 0.05) is 11.1 Å². The summed E-state index contributed by atoms with van der Waals surface area (Å²) in [5.74, 6) is 0.734. The molecule has 0 amide bonds. The molecule has 6 heteroatoms. The van der Waals surface area contributed by atoms with E-state index in [-0.39, 0.29) is 11.5 Å². The van der Waals surface area contributed by atoms with E-state index in [9.17, 15) is 9.90 Å². The highest BCUT2D eigenvalue weighted by Crippen LogP contribution is 2.25. The first-order valence-corrected chi connectivity index (χ1v) is 9.14. The van der Waals surface area contributed by atoms with Crippen LogP contribution in [0.1, 0.15) is 32.9 Å². The van der Waals surface area contributed by atoms with Crippen LogP contribution < -0.4 is 4.74 Å². The molecule has 2 aromatic carbocycles. The van der Waals surface area contributed by atoms with Gasteiger partial charge in [0.25, 0.3) is 0 Å². The molecule has 3 aromatic rings. The smallest absolute Gasteiger partial charge is 0.185 e. The van der Waals surface area contributed by atoms with Crippen LogP contribution in [0.4, 0.5) is 0 Å². The lowest BCUT2D eigenvalue weighted by Crippen LogP contribution is -2.06. The molecule has 0 bridgehead atoms. The first-order valence-electron chi connectivity index (χ1n) is 8.77. The molecule has 0 aliphatic rings. The molecule has 0 unspecified atom stereocenters. The van der Waals surface area contributed by atoms with Gasteiger partial charge in [-0.15, -0.1) is 0 Å². The number of benzene rings is 2. The number of methoxy groups -OCH3 is 1. The van der Waals surface area contributed by atoms with Gasteiger partial charge in [-0.05, 0) is 61.9 Å². The molecule has 0 spiro atoms. The van der Waals surface area contributed by atoms with Crippen molar-refractivity contribution in [2.75, 3.05) is 7.11 Å². The number of hydrogen-bond donors (Lipinski definition) is 1. The summed E-state index contributed by atoms with van der Waals surface area (Å²) in [6.45, 7) is 4.31. The van der Waals surface area contributed by atoms with Gasteiger partial charge in [-0.2, -0.15) is 5.10 Å². The number of halogens is 1. The zero-order valence-electron chi connectivity index (χ0n) is 15.9. The zero-order valence-corrected chi connectivity index (χ0v) is 16.7. The van der Waals surface area contributed by atoms with Crippen molar-refractivity contribution in [1.29, 1.82) is 0 Å². The molecule has 144 valence electrons. The number of hydrogen-bond acceptors (Lipinski definition) is 4. The third kappa shape index (κ3) is 4.26. The maximum atomic E-state index is 12.3. The topological polar surface area (TPSA) is 64.3 Å². The molecular weight excluding hydrogens is 376 g/mol. The molecule has 0 fully saturated rings. The van der Waals surface area contributed by atoms with Gasteiger partial charge in [0.2, 0.25) is 0 Å². The SMILES string of the molecule is COc1ccc(/C=C/C(=O)c2ccc(O)cc2)cc1Cn1nc(C)c(Cl)c1C. The molecule has 5 nitrogen and oxygen atoms in total. The number of ether oxygens (including phenoxy) is 1. The fourth-order valence-corrected chi connectivity index (χ4v) is 3.05. The maximum Gasteiger partial charge on any atom is 0.185 e. The van der Waals surface area contributed by atoms with Crippen LogP contribution in [-0.4, -0.2) is 27.8 Å². The minimum absolute atomic E-state index is 0.129. The summed E-state index contributed by atoms with van der Waals surface area (Å²) in [5, 5.41) is 14.5. The second-order valence-electron chi connectivity index (χ2n) is 6.46. The average Bonchev–Trinajstić information content (AvgIpc) is 2.93. The van der Waals surface area contributed by atoms with E-state index >= 15 is 0 Å². The molecule has 3 rings (SSSR count). The van der Waals surface area contributed by atoms with Crippen molar-refractivity contribution < 1.29 is 14.6 Å². The molecule has 0 aliphatic carbocycles. The fraction of sp³-hybridized carbons (Fsp3) is 0.182. The molecule has 1 aromatic heterocycles. The summed E-state index contributed by atoms with van der Waals surface area (Å²) in [6.07, 6.45) is 3.27. The van der Waals surface area contributed by atoms with Gasteiger partial charge in [0.05, 0.1) is 30.1 Å². The van der Waals surface area contributed by atoms with Crippen LogP contribution >= 0.6 is 11.6 Å². The summed E-state index contributed by atoms with van der Waals surface area (Å²) >= 11 is 6.24. The zero-order chi connectivity index (χ0) is 20.3. The van der Waals surface area contributed by atoms with Gasteiger partial charge in [0.1, 0.15) is 11.5 Å². The second-order valence-corrected chi connectivity index (χ2v) is 6.84. The molecule has 0 saturated heterocycles. The number of aromatic nitrogens is 2. The minimum Gasteiger partial charge on any atom is -0.508 e. The largest absolute Gasteiger partial charge is 0.508 e. The van der Waals surface area contributed by atoms with Crippen LogP contribution in [0.15, 0.2) is 48.5 Å². The van der Waals surface area contributed by atoms with E-state index in [4.69, 9.17) is 16.3 Å². The number of aryl methyl sites for hydroxylation is 1. The van der Waals surface area contributed by atoms with Crippen LogP contribution in [-0.2, 0) is 6.54 Å². The van der Waals surface area contributed by atoms with E-state index in [0.717, 1.165) is 28.3 Å². The van der Waals surface area contributed by atoms with E-state index in [1.807, 2.05) is 36.7 Å². The summed E-state index contributed by atoms with van der Waals surface area (Å²) < 4.78 is 7.30. The van der Waals surface area contributed by atoms with Crippen LogP contribution in [0.25, 0.3) is 6.08 Å². The van der Waals surface area contributed by atoms with Crippen molar-refractivity contribution in [3.05, 3.63) is 81.6 Å². The van der Waals surface area contributed by atoms with Gasteiger partial charge >= 0.3 is 0 Å². The number of rotatable bonds is 6. The molecule has 0 saturated carbocycles. The number of carbonyl (C=O) groups is 1. The Morgan fingerprint density at radius 3 is 2.54 bits per heavy atom. The quantitative estimate of drug-likeness (QED) is 0.479. The standard InChI is InChI=1S/C22H21ClN2O3/c1-14-22(23)15(2)25(24-14)13-18-12-16(5-11-21(18)28-3)4-10-20(27)17-6-8-19(26)9-7-17/h4-12,26H,13H2,1-3H3/b10-4+. The molecule has 28 heavy (non-hydrogen) atoms. The third-order valence-electron chi connectivity index (χ3n) is 4.50. The number of phenols is 1. The second kappa shape index (κ2) is 8.31. The highest BCUT2D eigenvalue weighted by molar-refractivity contribution is 6.31. The van der Waals surface area contributed by atoms with Crippen LogP contribution in [0.3, 0.4) is 0 Å². The Labute approximate surface area is 168 Å². The third-order valence-corrected chi connectivity index (χ3v) is 5.04. The van der Waals surface area contributed by atoms with Crippen molar-refractivity contribution in [3.63, 3.8) is 0 Å². The number of nitrogens with zero attached hydrogens (tertiary/aromatic N) is 2. The van der Waals surface area contributed by atoms with Gasteiger partial charge in [-0.25, -0.2) is 0 Å². The maximum absolute atomic E-state index is 12.3. The summed E-state index contributed by atoms with van der Waals surface area (Å²) in [5.41, 5.74) is 4.00. The number of carbonyl (C=O) groups excluding carboxylic acids is 1. The van der Waals surface area contributed by atoms with Crippen LogP contribution in [0, 0.1) is 13.8 Å². The normalized spacial score (nSPS) is 11.1. The number of ketones is 1. The highest BCUT2D eigenvalue weighted by Gasteiger charge is 2.12. The Hall–Kier alpha value is -3.05. The number of aromatic hydroxyl groups is 1. The Balaban J connectivity index is 1.84. The first-order chi connectivity index (χ1) is 13.4. The fourth-order valence-electron chi connectivity index (χ4n) is 2.91. The molecular formula is C22H21ClN2O3. The Kier molecular flexibility index (Phi) is 5.85. The molecule has 1 N–H and O–H groups in total. The Morgan fingerprint density at radius 1 is 1.21 bits per heavy atom. The van der Waals surface area contributed by atoms with E-state index < -0.39 is 0 Å². The van der Waals surface area contributed by atoms with E-state index in [0.29, 0.717) is 17.1 Å². The summed E-state index contributed by atoms with van der Waals surface area (Å²) in [6, 6.07) is 11.9. The summed E-state index contributed by atoms with van der Waals surface area (Å²) in [7, 11) is 1.62. The van der Waals surface area contributed by atoms with E-state index in [1.54, 1.807) is 25.3 Å². The van der Waals surface area contributed by atoms with Gasteiger partial charge in [-0.1, -0.05) is 23.7 Å². The van der Waals surface area contributed by atoms with Crippen LogP contribution in [0.5, 0.6) is 11.5 Å². The first kappa shape index (κ1) is 19.7. The molecule has 0 atom stereocenters. The minimum atomic E-state index is -0.136. The van der Waals surface area contributed by atoms with E-state index in [1.165, 1.54) is 18.2 Å². The van der Waals surface area contributed by atoms with Crippen molar-refractivity contribution in [2.45, 2.75) is 20.4 Å². The van der Waals surface area contributed by atoms with Crippen molar-refractivity contribution in [1.82, 2.24) is 9.78 Å².